The van der Waals surface area contributed by atoms with Gasteiger partial charge in [0.05, 0.1) is 0 Å². The SMILES string of the molecule is CCCCC[C@H](NC(=O)OCc1ccccc1)C(=O)OC(C)(C)C. The minimum Gasteiger partial charge on any atom is -0.458 e. The van der Waals surface area contributed by atoms with E-state index in [9.17, 15) is 9.59 Å². The van der Waals surface area contributed by atoms with E-state index >= 15 is 0 Å². The quantitative estimate of drug-likeness (QED) is 0.571. The molecule has 1 amide bonds. The summed E-state index contributed by atoms with van der Waals surface area (Å²) in [4.78, 5) is 24.3. The molecule has 0 bridgehead atoms. The van der Waals surface area contributed by atoms with Gasteiger partial charge in [-0.2, -0.15) is 0 Å². The van der Waals surface area contributed by atoms with E-state index in [0.717, 1.165) is 24.8 Å². The summed E-state index contributed by atoms with van der Waals surface area (Å²) in [6.45, 7) is 7.68. The van der Waals surface area contributed by atoms with Crippen molar-refractivity contribution in [3.05, 3.63) is 35.9 Å². The van der Waals surface area contributed by atoms with E-state index < -0.39 is 23.7 Å². The summed E-state index contributed by atoms with van der Waals surface area (Å²) < 4.78 is 10.6. The van der Waals surface area contributed by atoms with E-state index in [-0.39, 0.29) is 6.61 Å². The number of carbonyl (C=O) groups excluding carboxylic acids is 2. The normalized spacial score (nSPS) is 12.3. The van der Waals surface area contributed by atoms with Crippen LogP contribution in [0.1, 0.15) is 58.9 Å². The maximum atomic E-state index is 12.3. The van der Waals surface area contributed by atoms with Gasteiger partial charge >= 0.3 is 12.1 Å². The highest BCUT2D eigenvalue weighted by Gasteiger charge is 2.26. The Morgan fingerprint density at radius 3 is 2.38 bits per heavy atom. The highest BCUT2D eigenvalue weighted by Crippen LogP contribution is 2.12. The van der Waals surface area contributed by atoms with Crippen molar-refractivity contribution in [3.8, 4) is 0 Å². The lowest BCUT2D eigenvalue weighted by atomic mass is 10.1. The number of carbonyl (C=O) groups is 2. The number of esters is 1. The van der Waals surface area contributed by atoms with E-state index in [2.05, 4.69) is 12.2 Å². The van der Waals surface area contributed by atoms with E-state index in [1.54, 1.807) is 0 Å². The topological polar surface area (TPSA) is 64.6 Å². The van der Waals surface area contributed by atoms with Gasteiger partial charge in [0.1, 0.15) is 18.2 Å². The van der Waals surface area contributed by atoms with Crippen molar-refractivity contribution in [2.75, 3.05) is 0 Å². The van der Waals surface area contributed by atoms with Crippen molar-refractivity contribution in [3.63, 3.8) is 0 Å². The average molecular weight is 335 g/mol. The van der Waals surface area contributed by atoms with Crippen LogP contribution < -0.4 is 5.32 Å². The van der Waals surface area contributed by atoms with Crippen LogP contribution in [0.25, 0.3) is 0 Å². The average Bonchev–Trinajstić information content (AvgIpc) is 2.51. The molecule has 0 radical (unpaired) electrons. The molecule has 0 fully saturated rings. The van der Waals surface area contributed by atoms with Crippen LogP contribution in [0.4, 0.5) is 4.79 Å². The predicted octanol–water partition coefficient (Wildman–Crippen LogP) is 4.20. The van der Waals surface area contributed by atoms with Gasteiger partial charge in [0, 0.05) is 0 Å². The molecule has 0 aliphatic rings. The molecule has 1 aromatic rings. The van der Waals surface area contributed by atoms with E-state index in [0.29, 0.717) is 6.42 Å². The first kappa shape index (κ1) is 20.0. The predicted molar refractivity (Wildman–Crippen MR) is 93.5 cm³/mol. The Kier molecular flexibility index (Phi) is 8.30. The zero-order valence-corrected chi connectivity index (χ0v) is 15.1. The molecule has 1 atom stereocenters. The third kappa shape index (κ3) is 8.56. The van der Waals surface area contributed by atoms with Crippen LogP contribution in [-0.2, 0) is 20.9 Å². The molecule has 0 unspecified atom stereocenters. The van der Waals surface area contributed by atoms with Gasteiger partial charge in [-0.1, -0.05) is 56.5 Å². The highest BCUT2D eigenvalue weighted by molar-refractivity contribution is 5.81. The van der Waals surface area contributed by atoms with Crippen molar-refractivity contribution >= 4 is 12.1 Å². The van der Waals surface area contributed by atoms with Crippen LogP contribution in [-0.4, -0.2) is 23.7 Å². The van der Waals surface area contributed by atoms with Gasteiger partial charge in [-0.05, 0) is 32.8 Å². The standard InChI is InChI=1S/C19H29NO4/c1-5-6-8-13-16(17(21)24-19(2,3)4)20-18(22)23-14-15-11-9-7-10-12-15/h7,9-12,16H,5-6,8,13-14H2,1-4H3,(H,20,22)/t16-/m0/s1. The molecule has 0 aromatic heterocycles. The number of nitrogens with one attached hydrogen (secondary N) is 1. The molecule has 1 rings (SSSR count). The van der Waals surface area contributed by atoms with Crippen LogP contribution in [0, 0.1) is 0 Å². The Bertz CT molecular complexity index is 508. The van der Waals surface area contributed by atoms with Crippen LogP contribution in [0.3, 0.4) is 0 Å². The Morgan fingerprint density at radius 1 is 1.12 bits per heavy atom. The number of amides is 1. The molecule has 134 valence electrons. The zero-order valence-electron chi connectivity index (χ0n) is 15.1. The highest BCUT2D eigenvalue weighted by atomic mass is 16.6. The molecule has 1 aromatic carbocycles. The number of alkyl carbamates (subject to hydrolysis) is 1. The molecule has 0 aliphatic carbocycles. The number of benzene rings is 1. The third-order valence-corrected chi connectivity index (χ3v) is 3.29. The maximum Gasteiger partial charge on any atom is 0.408 e. The second-order valence-electron chi connectivity index (χ2n) is 6.79. The fourth-order valence-electron chi connectivity index (χ4n) is 2.13. The molecule has 0 saturated heterocycles. The molecule has 24 heavy (non-hydrogen) atoms. The van der Waals surface area contributed by atoms with Crippen molar-refractivity contribution in [2.45, 2.75) is 71.6 Å². The minimum absolute atomic E-state index is 0.169. The lowest BCUT2D eigenvalue weighted by Crippen LogP contribution is -2.44. The summed E-state index contributed by atoms with van der Waals surface area (Å²) in [5.41, 5.74) is 0.308. The van der Waals surface area contributed by atoms with Gasteiger partial charge in [0.25, 0.3) is 0 Å². The molecule has 0 spiro atoms. The fraction of sp³-hybridized carbons (Fsp3) is 0.579. The lowest BCUT2D eigenvalue weighted by molar-refractivity contribution is -0.157. The van der Waals surface area contributed by atoms with Crippen LogP contribution >= 0.6 is 0 Å². The van der Waals surface area contributed by atoms with Gasteiger partial charge < -0.3 is 14.8 Å². The Labute approximate surface area is 144 Å². The Morgan fingerprint density at radius 2 is 1.79 bits per heavy atom. The van der Waals surface area contributed by atoms with E-state index in [1.807, 2.05) is 51.1 Å². The molecular formula is C19H29NO4. The van der Waals surface area contributed by atoms with E-state index in [1.165, 1.54) is 0 Å². The molecule has 0 aliphatic heterocycles. The Balaban J connectivity index is 2.55. The number of hydrogen-bond donors (Lipinski definition) is 1. The molecule has 0 heterocycles. The third-order valence-electron chi connectivity index (χ3n) is 3.29. The number of hydrogen-bond acceptors (Lipinski definition) is 4. The van der Waals surface area contributed by atoms with Gasteiger partial charge in [-0.25, -0.2) is 9.59 Å². The lowest BCUT2D eigenvalue weighted by Gasteiger charge is -2.24. The van der Waals surface area contributed by atoms with Crippen LogP contribution in [0.2, 0.25) is 0 Å². The first-order valence-electron chi connectivity index (χ1n) is 8.52. The number of unbranched alkanes of at least 4 members (excludes halogenated alkanes) is 2. The van der Waals surface area contributed by atoms with Crippen molar-refractivity contribution in [1.29, 1.82) is 0 Å². The van der Waals surface area contributed by atoms with Crippen LogP contribution in [0.5, 0.6) is 0 Å². The van der Waals surface area contributed by atoms with Gasteiger partial charge in [-0.15, -0.1) is 0 Å². The van der Waals surface area contributed by atoms with Gasteiger partial charge in [0.2, 0.25) is 0 Å². The second-order valence-corrected chi connectivity index (χ2v) is 6.79. The van der Waals surface area contributed by atoms with E-state index in [4.69, 9.17) is 9.47 Å². The molecule has 5 heteroatoms. The van der Waals surface area contributed by atoms with Gasteiger partial charge in [0.15, 0.2) is 0 Å². The first-order valence-corrected chi connectivity index (χ1v) is 8.52. The first-order chi connectivity index (χ1) is 11.3. The number of ether oxygens (including phenoxy) is 2. The molecular weight excluding hydrogens is 306 g/mol. The monoisotopic (exact) mass is 335 g/mol. The summed E-state index contributed by atoms with van der Waals surface area (Å²) in [7, 11) is 0. The smallest absolute Gasteiger partial charge is 0.408 e. The van der Waals surface area contributed by atoms with Crippen LogP contribution in [0.15, 0.2) is 30.3 Å². The van der Waals surface area contributed by atoms with Gasteiger partial charge in [-0.3, -0.25) is 0 Å². The molecule has 5 nitrogen and oxygen atoms in total. The zero-order chi connectivity index (χ0) is 18.0. The summed E-state index contributed by atoms with van der Waals surface area (Å²) >= 11 is 0. The minimum atomic E-state index is -0.681. The largest absolute Gasteiger partial charge is 0.458 e. The summed E-state index contributed by atoms with van der Waals surface area (Å²) in [6, 6.07) is 8.73. The van der Waals surface area contributed by atoms with Crippen molar-refractivity contribution in [2.24, 2.45) is 0 Å². The Hall–Kier alpha value is -2.04. The second kappa shape index (κ2) is 9.96. The maximum absolute atomic E-state index is 12.3. The van der Waals surface area contributed by atoms with Crippen molar-refractivity contribution in [1.82, 2.24) is 5.32 Å². The summed E-state index contributed by atoms with van der Waals surface area (Å²) in [5, 5.41) is 2.63. The molecule has 0 saturated carbocycles. The molecule has 1 N–H and O–H groups in total. The summed E-state index contributed by atoms with van der Waals surface area (Å²) in [6.07, 6.45) is 2.83. The number of rotatable bonds is 8. The van der Waals surface area contributed by atoms with Crippen molar-refractivity contribution < 1.29 is 19.1 Å². The fourth-order valence-corrected chi connectivity index (χ4v) is 2.13. The summed E-state index contributed by atoms with van der Waals surface area (Å²) in [5.74, 6) is -0.421.